The number of rotatable bonds is 9. The summed E-state index contributed by atoms with van der Waals surface area (Å²) in [6.07, 6.45) is 4.03. The number of benzene rings is 1. The van der Waals surface area contributed by atoms with Crippen LogP contribution in [-0.2, 0) is 14.8 Å². The summed E-state index contributed by atoms with van der Waals surface area (Å²) < 4.78 is 28.4. The predicted molar refractivity (Wildman–Crippen MR) is 121 cm³/mol. The Bertz CT molecular complexity index is 992. The first-order valence-corrected chi connectivity index (χ1v) is 10.1. The number of unbranched alkanes of at least 4 members (excludes halogenated alkanes) is 1. The Morgan fingerprint density at radius 1 is 1.30 bits per heavy atom. The van der Waals surface area contributed by atoms with Crippen LogP contribution in [0.15, 0.2) is 35.5 Å². The van der Waals surface area contributed by atoms with Crippen molar-refractivity contribution in [2.75, 3.05) is 11.0 Å². The number of carboxylic acid groups (broad SMARTS) is 1. The van der Waals surface area contributed by atoms with Gasteiger partial charge in [0.15, 0.2) is 0 Å². The molecule has 0 amide bonds. The summed E-state index contributed by atoms with van der Waals surface area (Å²) in [5, 5.41) is 17.7. The number of guanidine groups is 1. The van der Waals surface area contributed by atoms with Crippen LogP contribution in [0.4, 0.5) is 5.69 Å². The van der Waals surface area contributed by atoms with Gasteiger partial charge in [-0.3, -0.25) is 15.2 Å². The van der Waals surface area contributed by atoms with E-state index < -0.39 is 28.0 Å². The van der Waals surface area contributed by atoms with E-state index in [1.54, 1.807) is 0 Å². The van der Waals surface area contributed by atoms with Gasteiger partial charge in [0.1, 0.15) is 6.04 Å². The summed E-state index contributed by atoms with van der Waals surface area (Å²) in [6, 6.07) is 2.90. The molecule has 1 atom stereocenters. The summed E-state index contributed by atoms with van der Waals surface area (Å²) in [5.74, 6) is -1.68. The molecule has 0 radical (unpaired) electrons. The van der Waals surface area contributed by atoms with Gasteiger partial charge in [-0.25, -0.2) is 12.8 Å². The smallest absolute Gasteiger partial charge is 0.321 e. The summed E-state index contributed by atoms with van der Waals surface area (Å²) in [4.78, 5) is 15.2. The van der Waals surface area contributed by atoms with E-state index in [9.17, 15) is 18.3 Å². The van der Waals surface area contributed by atoms with Crippen molar-refractivity contribution in [1.82, 2.24) is 9.71 Å². The Kier molecular flexibility index (Phi) is 11.3. The van der Waals surface area contributed by atoms with E-state index in [2.05, 4.69) is 9.71 Å². The standard InChI is InChI=1S/C16H21ClN6O4S.2ClH/c17-23(16(19)20)14-9-21-8-10-7-11(4-5-12(10)14)28(26,27)22-13(15(24)25)3-1-2-6-18;;/h4-5,7-9,13,22H,1-3,6,18H2,(H3,19,20)(H,24,25);2*1H/t13-;;/m1../s1. The number of aliphatic carboxylic acids is 1. The highest BCUT2D eigenvalue weighted by Crippen LogP contribution is 2.28. The van der Waals surface area contributed by atoms with Crippen molar-refractivity contribution in [2.45, 2.75) is 30.2 Å². The lowest BCUT2D eigenvalue weighted by Gasteiger charge is -2.17. The molecular formula is C16H23Cl3N6O4S. The molecule has 1 aromatic carbocycles. The van der Waals surface area contributed by atoms with Crippen LogP contribution in [0.3, 0.4) is 0 Å². The molecule has 0 aliphatic heterocycles. The first-order valence-electron chi connectivity index (χ1n) is 8.30. The lowest BCUT2D eigenvalue weighted by atomic mass is 10.1. The number of carbonyl (C=O) groups is 1. The fraction of sp³-hybridized carbons (Fsp3) is 0.312. The topological polar surface area (TPSA) is 175 Å². The summed E-state index contributed by atoms with van der Waals surface area (Å²) in [7, 11) is -4.09. The number of nitrogens with zero attached hydrogens (tertiary/aromatic N) is 2. The molecular weight excluding hydrogens is 479 g/mol. The van der Waals surface area contributed by atoms with E-state index in [0.717, 1.165) is 4.42 Å². The average Bonchev–Trinajstić information content (AvgIpc) is 2.65. The van der Waals surface area contributed by atoms with Gasteiger partial charge < -0.3 is 16.6 Å². The molecule has 14 heteroatoms. The first kappa shape index (κ1) is 28.1. The Morgan fingerprint density at radius 3 is 2.53 bits per heavy atom. The largest absolute Gasteiger partial charge is 0.480 e. The quantitative estimate of drug-likeness (QED) is 0.149. The molecule has 1 aromatic heterocycles. The van der Waals surface area contributed by atoms with Crippen LogP contribution in [0, 0.1) is 5.41 Å². The Morgan fingerprint density at radius 2 is 1.97 bits per heavy atom. The van der Waals surface area contributed by atoms with E-state index in [0.29, 0.717) is 35.8 Å². The van der Waals surface area contributed by atoms with E-state index in [-0.39, 0.29) is 36.1 Å². The third kappa shape index (κ3) is 6.83. The Labute approximate surface area is 191 Å². The number of anilines is 1. The van der Waals surface area contributed by atoms with Crippen LogP contribution in [-0.4, -0.2) is 43.0 Å². The van der Waals surface area contributed by atoms with Crippen LogP contribution in [0.5, 0.6) is 0 Å². The molecule has 0 bridgehead atoms. The highest BCUT2D eigenvalue weighted by atomic mass is 35.5. The van der Waals surface area contributed by atoms with Crippen LogP contribution >= 0.6 is 36.6 Å². The van der Waals surface area contributed by atoms with Gasteiger partial charge in [0, 0.05) is 28.7 Å². The zero-order chi connectivity index (χ0) is 20.9. The summed E-state index contributed by atoms with van der Waals surface area (Å²) >= 11 is 5.95. The molecule has 168 valence electrons. The number of nitrogens with one attached hydrogen (secondary N) is 2. The van der Waals surface area contributed by atoms with Crippen molar-refractivity contribution in [1.29, 1.82) is 5.41 Å². The van der Waals surface area contributed by atoms with Gasteiger partial charge in [0.05, 0.1) is 16.8 Å². The molecule has 0 fully saturated rings. The zero-order valence-electron chi connectivity index (χ0n) is 15.6. The predicted octanol–water partition coefficient (Wildman–Crippen LogP) is 1.79. The van der Waals surface area contributed by atoms with Gasteiger partial charge in [-0.05, 0) is 31.5 Å². The molecule has 1 heterocycles. The van der Waals surface area contributed by atoms with Crippen LogP contribution < -0.4 is 20.6 Å². The maximum absolute atomic E-state index is 12.6. The number of aromatic nitrogens is 1. The number of pyridine rings is 1. The van der Waals surface area contributed by atoms with Crippen LogP contribution in [0.2, 0.25) is 0 Å². The van der Waals surface area contributed by atoms with E-state index in [1.807, 2.05) is 0 Å². The monoisotopic (exact) mass is 500 g/mol. The number of fused-ring (bicyclic) bond motifs is 1. The molecule has 2 rings (SSSR count). The van der Waals surface area contributed by atoms with Gasteiger partial charge in [-0.15, -0.1) is 24.8 Å². The normalized spacial score (nSPS) is 11.8. The number of carboxylic acids is 1. The van der Waals surface area contributed by atoms with Gasteiger partial charge >= 0.3 is 5.97 Å². The highest BCUT2D eigenvalue weighted by molar-refractivity contribution is 7.89. The van der Waals surface area contributed by atoms with Crippen molar-refractivity contribution in [3.63, 3.8) is 0 Å². The third-order valence-electron chi connectivity index (χ3n) is 3.99. The molecule has 30 heavy (non-hydrogen) atoms. The number of halogens is 3. The molecule has 0 saturated heterocycles. The van der Waals surface area contributed by atoms with E-state index in [1.165, 1.54) is 30.6 Å². The van der Waals surface area contributed by atoms with Gasteiger partial charge in [0.2, 0.25) is 16.0 Å². The minimum Gasteiger partial charge on any atom is -0.480 e. The molecule has 0 aliphatic carbocycles. The SMILES string of the molecule is Cl.Cl.N=C(N)N(Cl)c1cncc2cc(S(=O)(=O)N[C@H](CCCCN)C(=O)O)ccc12. The Balaban J connectivity index is 0.00000420. The first-order chi connectivity index (χ1) is 13.2. The van der Waals surface area contributed by atoms with Crippen molar-refractivity contribution >= 4 is 75.0 Å². The van der Waals surface area contributed by atoms with Gasteiger partial charge in [-0.2, -0.15) is 4.72 Å². The van der Waals surface area contributed by atoms with E-state index in [4.69, 9.17) is 28.7 Å². The zero-order valence-corrected chi connectivity index (χ0v) is 18.8. The number of hydrogen-bond acceptors (Lipinski definition) is 6. The molecule has 0 unspecified atom stereocenters. The third-order valence-corrected chi connectivity index (χ3v) is 5.82. The average molecular weight is 502 g/mol. The van der Waals surface area contributed by atoms with Gasteiger partial charge in [-0.1, -0.05) is 12.5 Å². The summed E-state index contributed by atoms with van der Waals surface area (Å²) in [5.41, 5.74) is 11.1. The molecule has 10 nitrogen and oxygen atoms in total. The van der Waals surface area contributed by atoms with Crippen molar-refractivity contribution in [3.05, 3.63) is 30.6 Å². The highest BCUT2D eigenvalue weighted by Gasteiger charge is 2.25. The van der Waals surface area contributed by atoms with Crippen molar-refractivity contribution < 1.29 is 18.3 Å². The fourth-order valence-corrected chi connectivity index (χ4v) is 3.97. The van der Waals surface area contributed by atoms with E-state index >= 15 is 0 Å². The molecule has 0 spiro atoms. The van der Waals surface area contributed by atoms with Crippen LogP contribution in [0.25, 0.3) is 10.8 Å². The maximum Gasteiger partial charge on any atom is 0.321 e. The Hall–Kier alpha value is -1.89. The second kappa shape index (κ2) is 12.1. The molecule has 2 aromatic rings. The fourth-order valence-electron chi connectivity index (χ4n) is 2.57. The van der Waals surface area contributed by atoms with Crippen molar-refractivity contribution in [3.8, 4) is 0 Å². The summed E-state index contributed by atoms with van der Waals surface area (Å²) in [6.45, 7) is 0.400. The van der Waals surface area contributed by atoms with Gasteiger partial charge in [0.25, 0.3) is 0 Å². The second-order valence-corrected chi connectivity index (χ2v) is 8.06. The molecule has 0 saturated carbocycles. The lowest BCUT2D eigenvalue weighted by Crippen LogP contribution is -2.40. The number of sulfonamides is 1. The number of nitrogens with two attached hydrogens (primary N) is 2. The van der Waals surface area contributed by atoms with Crippen molar-refractivity contribution in [2.24, 2.45) is 11.5 Å². The van der Waals surface area contributed by atoms with Crippen LogP contribution in [0.1, 0.15) is 19.3 Å². The minimum atomic E-state index is -4.09. The second-order valence-electron chi connectivity index (χ2n) is 6.00. The number of hydrogen-bond donors (Lipinski definition) is 5. The maximum atomic E-state index is 12.6. The molecule has 0 aliphatic rings. The minimum absolute atomic E-state index is 0. The lowest BCUT2D eigenvalue weighted by molar-refractivity contribution is -0.139. The molecule has 7 N–H and O–H groups in total.